The van der Waals surface area contributed by atoms with Crippen molar-refractivity contribution in [1.29, 1.82) is 0 Å². The van der Waals surface area contributed by atoms with Crippen molar-refractivity contribution in [3.05, 3.63) is 86.4 Å². The zero-order chi connectivity index (χ0) is 21.9. The van der Waals surface area contributed by atoms with Crippen LogP contribution in [-0.2, 0) is 10.0 Å². The van der Waals surface area contributed by atoms with E-state index >= 15 is 0 Å². The minimum atomic E-state index is -3.85. The number of nitrogens with one attached hydrogen (secondary N) is 1. The van der Waals surface area contributed by atoms with Crippen molar-refractivity contribution in [3.63, 3.8) is 0 Å². The van der Waals surface area contributed by atoms with Crippen molar-refractivity contribution in [2.75, 3.05) is 4.72 Å². The maximum atomic E-state index is 12.7. The van der Waals surface area contributed by atoms with Crippen LogP contribution in [0.5, 0.6) is 5.75 Å². The quantitative estimate of drug-likeness (QED) is 0.314. The minimum absolute atomic E-state index is 0.00716. The van der Waals surface area contributed by atoms with Crippen molar-refractivity contribution in [2.24, 2.45) is 4.99 Å². The summed E-state index contributed by atoms with van der Waals surface area (Å²) in [5.74, 6) is -0.470. The number of para-hydroxylation sites is 2. The molecule has 3 aromatic carbocycles. The summed E-state index contributed by atoms with van der Waals surface area (Å²) in [5, 5.41) is 23.2. The molecule has 10 heteroatoms. The van der Waals surface area contributed by atoms with E-state index in [0.717, 1.165) is 17.7 Å². The van der Waals surface area contributed by atoms with Crippen molar-refractivity contribution in [1.82, 2.24) is 0 Å². The van der Waals surface area contributed by atoms with E-state index in [1.165, 1.54) is 24.4 Å². The highest BCUT2D eigenvalue weighted by Crippen LogP contribution is 2.31. The number of halogens is 1. The molecule has 3 aromatic rings. The molecule has 8 nitrogen and oxygen atoms in total. The van der Waals surface area contributed by atoms with Crippen LogP contribution in [0.4, 0.5) is 17.1 Å². The fraction of sp³-hybridized carbons (Fsp3) is 0.0500. The third-order valence-electron chi connectivity index (χ3n) is 4.09. The monoisotopic (exact) mass is 488 g/mol. The van der Waals surface area contributed by atoms with Gasteiger partial charge in [0.05, 0.1) is 21.2 Å². The van der Waals surface area contributed by atoms with Crippen LogP contribution in [0, 0.1) is 17.0 Å². The molecular formula is C20H15BrN3O5S-. The van der Waals surface area contributed by atoms with E-state index in [2.05, 4.69) is 25.6 Å². The summed E-state index contributed by atoms with van der Waals surface area (Å²) in [5.41, 5.74) is 1.10. The first kappa shape index (κ1) is 21.5. The molecule has 0 amide bonds. The fourth-order valence-electron chi connectivity index (χ4n) is 2.53. The van der Waals surface area contributed by atoms with Gasteiger partial charge < -0.3 is 5.11 Å². The van der Waals surface area contributed by atoms with Gasteiger partial charge in [0, 0.05) is 22.8 Å². The first-order valence-electron chi connectivity index (χ1n) is 8.55. The molecule has 0 saturated heterocycles. The van der Waals surface area contributed by atoms with Gasteiger partial charge in [0.25, 0.3) is 15.7 Å². The van der Waals surface area contributed by atoms with E-state index in [9.17, 15) is 23.6 Å². The van der Waals surface area contributed by atoms with Gasteiger partial charge in [-0.25, -0.2) is 8.42 Å². The van der Waals surface area contributed by atoms with E-state index < -0.39 is 20.7 Å². The van der Waals surface area contributed by atoms with Crippen LogP contribution in [-0.4, -0.2) is 19.6 Å². The molecule has 0 heterocycles. The second-order valence-electron chi connectivity index (χ2n) is 6.30. The van der Waals surface area contributed by atoms with E-state index in [0.29, 0.717) is 0 Å². The molecule has 154 valence electrons. The van der Waals surface area contributed by atoms with Crippen molar-refractivity contribution < 1.29 is 18.4 Å². The van der Waals surface area contributed by atoms with Crippen LogP contribution < -0.4 is 9.83 Å². The summed E-state index contributed by atoms with van der Waals surface area (Å²) < 4.78 is 27.8. The predicted octanol–water partition coefficient (Wildman–Crippen LogP) is 4.29. The molecule has 0 unspecified atom stereocenters. The lowest BCUT2D eigenvalue weighted by Crippen LogP contribution is -2.13. The van der Waals surface area contributed by atoms with Crippen LogP contribution in [0.2, 0.25) is 0 Å². The number of benzene rings is 3. The maximum Gasteiger partial charge on any atom is 0.271 e. The molecule has 0 aromatic heterocycles. The lowest BCUT2D eigenvalue weighted by atomic mass is 10.2. The van der Waals surface area contributed by atoms with Crippen molar-refractivity contribution in [2.45, 2.75) is 11.8 Å². The van der Waals surface area contributed by atoms with E-state index in [1.807, 2.05) is 6.92 Å². The summed E-state index contributed by atoms with van der Waals surface area (Å²) in [6, 6.07) is 15.0. The first-order chi connectivity index (χ1) is 14.2. The third kappa shape index (κ3) is 4.84. The number of sulfonamides is 1. The fourth-order valence-corrected chi connectivity index (χ4v) is 4.07. The number of non-ortho nitro benzene ring substituents is 1. The van der Waals surface area contributed by atoms with Gasteiger partial charge in [-0.3, -0.25) is 19.8 Å². The molecule has 0 fully saturated rings. The molecule has 0 saturated carbocycles. The van der Waals surface area contributed by atoms with Crippen LogP contribution in [0.3, 0.4) is 0 Å². The Balaban J connectivity index is 1.95. The molecule has 0 aliphatic heterocycles. The molecular weight excluding hydrogens is 474 g/mol. The van der Waals surface area contributed by atoms with Crippen LogP contribution in [0.25, 0.3) is 0 Å². The Morgan fingerprint density at radius 3 is 2.43 bits per heavy atom. The lowest BCUT2D eigenvalue weighted by molar-refractivity contribution is -0.385. The number of aliphatic imine (C=N–C) groups is 1. The molecule has 0 atom stereocenters. The van der Waals surface area contributed by atoms with Crippen LogP contribution >= 0.6 is 15.9 Å². The van der Waals surface area contributed by atoms with Crippen molar-refractivity contribution in [3.8, 4) is 5.75 Å². The van der Waals surface area contributed by atoms with Crippen molar-refractivity contribution >= 4 is 49.2 Å². The number of hydrogen-bond acceptors (Lipinski definition) is 6. The minimum Gasteiger partial charge on any atom is -0.871 e. The Kier molecular flexibility index (Phi) is 6.18. The highest BCUT2D eigenvalue weighted by Gasteiger charge is 2.16. The summed E-state index contributed by atoms with van der Waals surface area (Å²) in [6.07, 6.45) is 1.17. The molecule has 0 radical (unpaired) electrons. The van der Waals surface area contributed by atoms with Gasteiger partial charge in [0.2, 0.25) is 0 Å². The number of anilines is 1. The second kappa shape index (κ2) is 8.64. The molecule has 30 heavy (non-hydrogen) atoms. The van der Waals surface area contributed by atoms with Gasteiger partial charge >= 0.3 is 0 Å². The molecule has 0 spiro atoms. The van der Waals surface area contributed by atoms with Gasteiger partial charge in [-0.05, 0) is 36.8 Å². The number of hydrogen-bond donors (Lipinski definition) is 1. The molecule has 0 bridgehead atoms. The second-order valence-corrected chi connectivity index (χ2v) is 8.83. The maximum absolute atomic E-state index is 12.7. The number of rotatable bonds is 6. The number of nitrogens with zero attached hydrogens (tertiary/aromatic N) is 2. The zero-order valence-corrected chi connectivity index (χ0v) is 18.0. The van der Waals surface area contributed by atoms with Crippen LogP contribution in [0.15, 0.2) is 75.0 Å². The summed E-state index contributed by atoms with van der Waals surface area (Å²) in [4.78, 5) is 14.7. The van der Waals surface area contributed by atoms with Gasteiger partial charge in [0.1, 0.15) is 0 Å². The summed E-state index contributed by atoms with van der Waals surface area (Å²) in [7, 11) is -3.85. The van der Waals surface area contributed by atoms with Crippen LogP contribution in [0.1, 0.15) is 11.1 Å². The Hall–Kier alpha value is -3.24. The van der Waals surface area contributed by atoms with Gasteiger partial charge in [-0.15, -0.1) is 0 Å². The molecule has 1 N–H and O–H groups in total. The molecule has 0 aliphatic carbocycles. The number of aryl methyl sites for hydroxylation is 1. The van der Waals surface area contributed by atoms with E-state index in [1.54, 1.807) is 30.3 Å². The normalized spacial score (nSPS) is 11.5. The zero-order valence-electron chi connectivity index (χ0n) is 15.6. The number of nitro groups is 1. The summed E-state index contributed by atoms with van der Waals surface area (Å²) in [6.45, 7) is 1.85. The van der Waals surface area contributed by atoms with Gasteiger partial charge in [-0.1, -0.05) is 51.5 Å². The van der Waals surface area contributed by atoms with Gasteiger partial charge in [0.15, 0.2) is 0 Å². The molecule has 0 aliphatic rings. The largest absolute Gasteiger partial charge is 0.871 e. The lowest BCUT2D eigenvalue weighted by Gasteiger charge is -2.13. The van der Waals surface area contributed by atoms with E-state index in [-0.39, 0.29) is 32.0 Å². The first-order valence-corrected chi connectivity index (χ1v) is 10.8. The molecule has 3 rings (SSSR count). The van der Waals surface area contributed by atoms with E-state index in [4.69, 9.17) is 0 Å². The SMILES string of the molecule is Cc1ccc(S(=O)(=O)Nc2ccccc2N=Cc2cc([N+](=O)[O-])cc(Br)c2[O-])cc1. The highest BCUT2D eigenvalue weighted by molar-refractivity contribution is 9.10. The third-order valence-corrected chi connectivity index (χ3v) is 6.06. The summed E-state index contributed by atoms with van der Waals surface area (Å²) >= 11 is 3.01. The smallest absolute Gasteiger partial charge is 0.271 e. The Bertz CT molecular complexity index is 1240. The Morgan fingerprint density at radius 1 is 1.10 bits per heavy atom. The predicted molar refractivity (Wildman–Crippen MR) is 116 cm³/mol. The Morgan fingerprint density at radius 2 is 1.77 bits per heavy atom. The average Bonchev–Trinajstić information content (AvgIpc) is 2.70. The Labute approximate surface area is 181 Å². The highest BCUT2D eigenvalue weighted by atomic mass is 79.9. The topological polar surface area (TPSA) is 125 Å². The van der Waals surface area contributed by atoms with Gasteiger partial charge in [-0.2, -0.15) is 0 Å². The standard InChI is InChI=1S/C20H16BrN3O5S/c1-13-6-8-16(9-7-13)30(28,29)23-19-5-3-2-4-18(19)22-12-14-10-15(24(26)27)11-17(21)20(14)25/h2-12,23,25H,1H3/p-1. The number of nitro benzene ring substituents is 1. The average molecular weight is 489 g/mol.